The van der Waals surface area contributed by atoms with E-state index in [1.807, 2.05) is 42.5 Å². The average Bonchev–Trinajstić information content (AvgIpc) is 2.46. The number of fused-ring (bicyclic) bond motifs is 1. The standard InChI is InChI=1S/C14H13N3O2/c15-17-13-8-12(19-14(18)16-13)11-7-3-5-9-4-1-2-6-10(9)11/h1-7,12H,8,15H2,(H,16,17,18). The zero-order valence-electron chi connectivity index (χ0n) is 10.2. The Morgan fingerprint density at radius 3 is 2.84 bits per heavy atom. The maximum absolute atomic E-state index is 11.5. The number of alkyl carbamates (subject to hydrolysis) is 1. The van der Waals surface area contributed by atoms with E-state index in [9.17, 15) is 4.79 Å². The highest BCUT2D eigenvalue weighted by Gasteiger charge is 2.27. The fourth-order valence-corrected chi connectivity index (χ4v) is 2.33. The number of hydrazone groups is 1. The van der Waals surface area contributed by atoms with E-state index in [2.05, 4.69) is 10.4 Å². The van der Waals surface area contributed by atoms with Crippen LogP contribution in [0.4, 0.5) is 4.79 Å². The number of hydrogen-bond donors (Lipinski definition) is 2. The van der Waals surface area contributed by atoms with Crippen LogP contribution < -0.4 is 11.2 Å². The van der Waals surface area contributed by atoms with Crippen LogP contribution in [0.3, 0.4) is 0 Å². The van der Waals surface area contributed by atoms with Gasteiger partial charge in [0.1, 0.15) is 11.9 Å². The van der Waals surface area contributed by atoms with Gasteiger partial charge in [-0.25, -0.2) is 4.79 Å². The minimum atomic E-state index is -0.520. The molecule has 0 saturated carbocycles. The predicted molar refractivity (Wildman–Crippen MR) is 72.5 cm³/mol. The van der Waals surface area contributed by atoms with Crippen LogP contribution in [0.15, 0.2) is 47.6 Å². The zero-order chi connectivity index (χ0) is 13.2. The lowest BCUT2D eigenvalue weighted by Gasteiger charge is -2.25. The van der Waals surface area contributed by atoms with E-state index in [4.69, 9.17) is 10.6 Å². The second-order valence-electron chi connectivity index (χ2n) is 4.37. The van der Waals surface area contributed by atoms with Crippen LogP contribution in [0, 0.1) is 0 Å². The van der Waals surface area contributed by atoms with Gasteiger partial charge in [-0.1, -0.05) is 42.5 Å². The van der Waals surface area contributed by atoms with Gasteiger partial charge in [0.2, 0.25) is 0 Å². The largest absolute Gasteiger partial charge is 0.441 e. The van der Waals surface area contributed by atoms with E-state index >= 15 is 0 Å². The molecule has 0 aromatic heterocycles. The molecule has 1 amide bonds. The van der Waals surface area contributed by atoms with E-state index in [0.29, 0.717) is 12.3 Å². The third-order valence-electron chi connectivity index (χ3n) is 3.20. The lowest BCUT2D eigenvalue weighted by Crippen LogP contribution is -2.39. The van der Waals surface area contributed by atoms with Crippen molar-refractivity contribution < 1.29 is 9.53 Å². The van der Waals surface area contributed by atoms with E-state index < -0.39 is 6.09 Å². The van der Waals surface area contributed by atoms with Crippen LogP contribution >= 0.6 is 0 Å². The van der Waals surface area contributed by atoms with Gasteiger partial charge < -0.3 is 10.6 Å². The van der Waals surface area contributed by atoms with Crippen molar-refractivity contribution in [3.8, 4) is 0 Å². The van der Waals surface area contributed by atoms with Crippen molar-refractivity contribution >= 4 is 22.7 Å². The minimum Gasteiger partial charge on any atom is -0.441 e. The van der Waals surface area contributed by atoms with Crippen molar-refractivity contribution in [2.45, 2.75) is 12.5 Å². The third kappa shape index (κ3) is 2.10. The van der Waals surface area contributed by atoms with Gasteiger partial charge in [0.15, 0.2) is 0 Å². The Balaban J connectivity index is 2.06. The summed E-state index contributed by atoms with van der Waals surface area (Å²) in [6, 6.07) is 13.9. The summed E-state index contributed by atoms with van der Waals surface area (Å²) >= 11 is 0. The van der Waals surface area contributed by atoms with Crippen LogP contribution in [-0.4, -0.2) is 11.9 Å². The topological polar surface area (TPSA) is 76.7 Å². The molecule has 19 heavy (non-hydrogen) atoms. The van der Waals surface area contributed by atoms with Gasteiger partial charge in [0.25, 0.3) is 0 Å². The Morgan fingerprint density at radius 1 is 1.21 bits per heavy atom. The number of carbonyl (C=O) groups excluding carboxylic acids is 1. The number of hydrogen-bond acceptors (Lipinski definition) is 4. The maximum Gasteiger partial charge on any atom is 0.413 e. The summed E-state index contributed by atoms with van der Waals surface area (Å²) in [5, 5.41) is 8.22. The van der Waals surface area contributed by atoms with Crippen molar-refractivity contribution in [2.75, 3.05) is 0 Å². The Morgan fingerprint density at radius 2 is 2.00 bits per heavy atom. The number of nitrogens with zero attached hydrogens (tertiary/aromatic N) is 1. The van der Waals surface area contributed by atoms with Gasteiger partial charge >= 0.3 is 6.09 Å². The van der Waals surface area contributed by atoms with E-state index in [1.165, 1.54) is 0 Å². The molecule has 1 unspecified atom stereocenters. The van der Waals surface area contributed by atoms with Gasteiger partial charge in [-0.2, -0.15) is 5.10 Å². The number of rotatable bonds is 1. The first kappa shape index (κ1) is 11.5. The van der Waals surface area contributed by atoms with Crippen LogP contribution in [0.25, 0.3) is 10.8 Å². The summed E-state index contributed by atoms with van der Waals surface area (Å²) in [5.41, 5.74) is 0.967. The second kappa shape index (κ2) is 4.61. The van der Waals surface area contributed by atoms with Crippen molar-refractivity contribution in [3.63, 3.8) is 0 Å². The lowest BCUT2D eigenvalue weighted by molar-refractivity contribution is 0.0967. The number of amides is 1. The number of benzene rings is 2. The molecule has 1 heterocycles. The number of cyclic esters (lactones) is 1. The van der Waals surface area contributed by atoms with Gasteiger partial charge in [-0.05, 0) is 10.8 Å². The highest BCUT2D eigenvalue weighted by atomic mass is 16.6. The Labute approximate surface area is 110 Å². The summed E-state index contributed by atoms with van der Waals surface area (Å²) in [5.74, 6) is 5.68. The molecule has 1 fully saturated rings. The fraction of sp³-hybridized carbons (Fsp3) is 0.143. The van der Waals surface area contributed by atoms with Crippen LogP contribution in [0.1, 0.15) is 18.1 Å². The summed E-state index contributed by atoms with van der Waals surface area (Å²) in [6.45, 7) is 0. The van der Waals surface area contributed by atoms with Crippen molar-refractivity contribution in [2.24, 2.45) is 10.9 Å². The van der Waals surface area contributed by atoms with Crippen LogP contribution in [-0.2, 0) is 4.74 Å². The van der Waals surface area contributed by atoms with Crippen LogP contribution in [0.5, 0.6) is 0 Å². The van der Waals surface area contributed by atoms with Crippen molar-refractivity contribution in [1.82, 2.24) is 5.32 Å². The molecule has 5 nitrogen and oxygen atoms in total. The molecule has 0 bridgehead atoms. The molecule has 1 atom stereocenters. The molecule has 1 aliphatic heterocycles. The zero-order valence-corrected chi connectivity index (χ0v) is 10.2. The highest BCUT2D eigenvalue weighted by molar-refractivity contribution is 5.98. The summed E-state index contributed by atoms with van der Waals surface area (Å²) in [7, 11) is 0. The molecule has 96 valence electrons. The summed E-state index contributed by atoms with van der Waals surface area (Å²) in [4.78, 5) is 11.5. The molecule has 0 spiro atoms. The minimum absolute atomic E-state index is 0.359. The first-order valence-electron chi connectivity index (χ1n) is 6.00. The van der Waals surface area contributed by atoms with Crippen LogP contribution in [0.2, 0.25) is 0 Å². The molecule has 3 rings (SSSR count). The first-order valence-corrected chi connectivity index (χ1v) is 6.00. The normalized spacial score (nSPS) is 21.2. The summed E-state index contributed by atoms with van der Waals surface area (Å²) in [6.07, 6.45) is -0.425. The van der Waals surface area contributed by atoms with Gasteiger partial charge in [-0.15, -0.1) is 0 Å². The highest BCUT2D eigenvalue weighted by Crippen LogP contribution is 2.30. The average molecular weight is 255 g/mol. The number of ether oxygens (including phenoxy) is 1. The quantitative estimate of drug-likeness (QED) is 0.606. The lowest BCUT2D eigenvalue weighted by atomic mass is 9.98. The molecule has 1 aliphatic rings. The molecular weight excluding hydrogens is 242 g/mol. The van der Waals surface area contributed by atoms with Gasteiger partial charge in [0, 0.05) is 12.0 Å². The number of amidine groups is 1. The summed E-state index contributed by atoms with van der Waals surface area (Å²) < 4.78 is 5.33. The SMILES string of the molecule is N/N=C1/CC(c2cccc3ccccc23)OC(=O)N1. The van der Waals surface area contributed by atoms with Crippen molar-refractivity contribution in [1.29, 1.82) is 0 Å². The van der Waals surface area contributed by atoms with E-state index in [0.717, 1.165) is 16.3 Å². The number of nitrogens with one attached hydrogen (secondary N) is 1. The molecule has 2 aromatic rings. The smallest absolute Gasteiger partial charge is 0.413 e. The molecule has 2 aromatic carbocycles. The number of carbonyl (C=O) groups is 1. The Kier molecular flexibility index (Phi) is 2.79. The predicted octanol–water partition coefficient (Wildman–Crippen LogP) is 2.28. The molecule has 5 heteroatoms. The monoisotopic (exact) mass is 255 g/mol. The molecular formula is C14H13N3O2. The van der Waals surface area contributed by atoms with Crippen molar-refractivity contribution in [3.05, 3.63) is 48.0 Å². The maximum atomic E-state index is 11.5. The third-order valence-corrected chi connectivity index (χ3v) is 3.20. The van der Waals surface area contributed by atoms with E-state index in [1.54, 1.807) is 0 Å². The Bertz CT molecular complexity index is 661. The molecule has 3 N–H and O–H groups in total. The molecule has 0 radical (unpaired) electrons. The van der Waals surface area contributed by atoms with Gasteiger partial charge in [-0.3, -0.25) is 5.32 Å². The Hall–Kier alpha value is -2.56. The molecule has 0 aliphatic carbocycles. The number of nitrogens with two attached hydrogens (primary N) is 1. The molecule has 1 saturated heterocycles. The second-order valence-corrected chi connectivity index (χ2v) is 4.37. The van der Waals surface area contributed by atoms with Gasteiger partial charge in [0.05, 0.1) is 0 Å². The van der Waals surface area contributed by atoms with E-state index in [-0.39, 0.29) is 6.10 Å². The first-order chi connectivity index (χ1) is 9.28. The fourth-order valence-electron chi connectivity index (χ4n) is 2.33.